The Kier molecular flexibility index (Phi) is 10.0. The van der Waals surface area contributed by atoms with Crippen molar-refractivity contribution in [3.8, 4) is 0 Å². The summed E-state index contributed by atoms with van der Waals surface area (Å²) in [7, 11) is 0. The van der Waals surface area contributed by atoms with Crippen LogP contribution in [0.2, 0.25) is 0 Å². The largest absolute Gasteiger partial charge is 0.477 e. The summed E-state index contributed by atoms with van der Waals surface area (Å²) in [6.07, 6.45) is 19.0. The van der Waals surface area contributed by atoms with E-state index in [4.69, 9.17) is 5.11 Å². The van der Waals surface area contributed by atoms with Crippen molar-refractivity contribution in [3.63, 3.8) is 0 Å². The lowest BCUT2D eigenvalue weighted by molar-refractivity contribution is 0.0690. The number of nitrogens with zero attached hydrogens (tertiary/aromatic N) is 1. The van der Waals surface area contributed by atoms with E-state index >= 15 is 0 Å². The van der Waals surface area contributed by atoms with Gasteiger partial charge in [0.25, 0.3) is 0 Å². The molecular weight excluding hydrogens is 274 g/mol. The number of carbonyl (C=O) groups is 1. The molecule has 1 aromatic rings. The maximum atomic E-state index is 10.7. The van der Waals surface area contributed by atoms with Crippen LogP contribution in [0, 0.1) is 0 Å². The predicted octanol–water partition coefficient (Wildman–Crippen LogP) is 5.71. The second kappa shape index (κ2) is 12.0. The smallest absolute Gasteiger partial charge is 0.354 e. The number of aromatic nitrogens is 1. The monoisotopic (exact) mass is 303 g/mol. The number of hydrogen-bond donors (Lipinski definition) is 1. The van der Waals surface area contributed by atoms with Crippen molar-refractivity contribution in [2.24, 2.45) is 0 Å². The quantitative estimate of drug-likeness (QED) is 0.503. The number of allylic oxidation sites excluding steroid dienone is 1. The summed E-state index contributed by atoms with van der Waals surface area (Å²) in [4.78, 5) is 14.6. The molecule has 1 aromatic heterocycles. The molecule has 0 saturated carbocycles. The van der Waals surface area contributed by atoms with Crippen molar-refractivity contribution in [3.05, 3.63) is 35.7 Å². The summed E-state index contributed by atoms with van der Waals surface area (Å²) < 4.78 is 0. The van der Waals surface area contributed by atoms with Gasteiger partial charge in [0.15, 0.2) is 0 Å². The Hall–Kier alpha value is -1.64. The van der Waals surface area contributed by atoms with Gasteiger partial charge < -0.3 is 5.11 Å². The average molecular weight is 303 g/mol. The molecule has 1 rings (SSSR count). The molecular formula is C19H29NO2. The minimum Gasteiger partial charge on any atom is -0.477 e. The highest BCUT2D eigenvalue weighted by Gasteiger charge is 2.01. The van der Waals surface area contributed by atoms with Crippen molar-refractivity contribution in [1.29, 1.82) is 0 Å². The summed E-state index contributed by atoms with van der Waals surface area (Å²) >= 11 is 0. The van der Waals surface area contributed by atoms with Crippen molar-refractivity contribution < 1.29 is 9.90 Å². The zero-order chi connectivity index (χ0) is 16.0. The fraction of sp³-hybridized carbons (Fsp3) is 0.579. The van der Waals surface area contributed by atoms with E-state index in [1.165, 1.54) is 57.8 Å². The molecule has 1 heterocycles. The van der Waals surface area contributed by atoms with Crippen LogP contribution in [0.15, 0.2) is 24.4 Å². The van der Waals surface area contributed by atoms with E-state index in [0.717, 1.165) is 12.0 Å². The van der Waals surface area contributed by atoms with Crippen molar-refractivity contribution >= 4 is 12.0 Å². The normalized spacial score (nSPS) is 11.1. The highest BCUT2D eigenvalue weighted by Crippen LogP contribution is 2.11. The van der Waals surface area contributed by atoms with Gasteiger partial charge in [-0.15, -0.1) is 0 Å². The summed E-state index contributed by atoms with van der Waals surface area (Å²) in [5.41, 5.74) is 1.05. The Labute approximate surface area is 134 Å². The minimum atomic E-state index is -0.981. The Morgan fingerprint density at radius 3 is 2.23 bits per heavy atom. The number of carboxylic acid groups (broad SMARTS) is 1. The minimum absolute atomic E-state index is 0.0936. The fourth-order valence-corrected chi connectivity index (χ4v) is 2.42. The van der Waals surface area contributed by atoms with Crippen LogP contribution in [0.3, 0.4) is 0 Å². The molecule has 122 valence electrons. The molecule has 0 saturated heterocycles. The number of hydrogen-bond acceptors (Lipinski definition) is 2. The molecule has 0 atom stereocenters. The maximum Gasteiger partial charge on any atom is 0.354 e. The van der Waals surface area contributed by atoms with Crippen molar-refractivity contribution in [1.82, 2.24) is 4.98 Å². The van der Waals surface area contributed by atoms with Gasteiger partial charge >= 0.3 is 5.97 Å². The second-order valence-corrected chi connectivity index (χ2v) is 5.80. The van der Waals surface area contributed by atoms with E-state index in [1.54, 1.807) is 18.3 Å². The standard InChI is InChI=1S/C19H29NO2/c1-2-3-4-5-6-7-8-9-10-11-12-13-17-14-15-18(19(21)22)20-16-17/h12-16H,2-11H2,1H3,(H,21,22)/b13-12-. The molecule has 0 fully saturated rings. The predicted molar refractivity (Wildman–Crippen MR) is 92.1 cm³/mol. The van der Waals surface area contributed by atoms with Gasteiger partial charge in [-0.25, -0.2) is 9.78 Å². The second-order valence-electron chi connectivity index (χ2n) is 5.80. The van der Waals surface area contributed by atoms with Gasteiger partial charge in [0.2, 0.25) is 0 Å². The zero-order valence-electron chi connectivity index (χ0n) is 13.8. The molecule has 0 aliphatic rings. The lowest BCUT2D eigenvalue weighted by Gasteiger charge is -2.00. The lowest BCUT2D eigenvalue weighted by atomic mass is 10.1. The molecule has 0 amide bonds. The van der Waals surface area contributed by atoms with Crippen molar-refractivity contribution in [2.75, 3.05) is 0 Å². The van der Waals surface area contributed by atoms with Crippen LogP contribution >= 0.6 is 0 Å². The van der Waals surface area contributed by atoms with Crippen LogP contribution in [0.4, 0.5) is 0 Å². The van der Waals surface area contributed by atoms with E-state index < -0.39 is 5.97 Å². The Bertz CT molecular complexity index is 437. The van der Waals surface area contributed by atoms with E-state index in [0.29, 0.717) is 0 Å². The summed E-state index contributed by atoms with van der Waals surface area (Å²) in [6, 6.07) is 3.34. The first-order valence-electron chi connectivity index (χ1n) is 8.60. The molecule has 0 bridgehead atoms. The molecule has 0 spiro atoms. The van der Waals surface area contributed by atoms with Crippen LogP contribution in [0.1, 0.15) is 87.2 Å². The van der Waals surface area contributed by atoms with Gasteiger partial charge in [-0.2, -0.15) is 0 Å². The van der Waals surface area contributed by atoms with E-state index in [9.17, 15) is 4.79 Å². The first kappa shape index (κ1) is 18.4. The SMILES string of the molecule is CCCCCCCCCCC/C=C\c1ccc(C(=O)O)nc1. The van der Waals surface area contributed by atoms with Crippen LogP contribution < -0.4 is 0 Å². The van der Waals surface area contributed by atoms with Gasteiger partial charge in [0.1, 0.15) is 5.69 Å². The van der Waals surface area contributed by atoms with Crippen LogP contribution in [0.25, 0.3) is 6.08 Å². The molecule has 0 unspecified atom stereocenters. The number of unbranched alkanes of at least 4 members (excludes halogenated alkanes) is 9. The highest BCUT2D eigenvalue weighted by atomic mass is 16.4. The average Bonchev–Trinajstić information content (AvgIpc) is 2.53. The first-order chi connectivity index (χ1) is 10.7. The van der Waals surface area contributed by atoms with Crippen molar-refractivity contribution in [2.45, 2.75) is 71.1 Å². The number of rotatable bonds is 12. The van der Waals surface area contributed by atoms with E-state index in [1.807, 2.05) is 6.08 Å². The van der Waals surface area contributed by atoms with Gasteiger partial charge in [-0.3, -0.25) is 0 Å². The summed E-state index contributed by atoms with van der Waals surface area (Å²) in [6.45, 7) is 2.25. The van der Waals surface area contributed by atoms with E-state index in [2.05, 4.69) is 18.0 Å². The summed E-state index contributed by atoms with van der Waals surface area (Å²) in [5.74, 6) is -0.981. The molecule has 1 N–H and O–H groups in total. The van der Waals surface area contributed by atoms with Gasteiger partial charge in [0, 0.05) is 6.20 Å². The van der Waals surface area contributed by atoms with Crippen LogP contribution in [-0.4, -0.2) is 16.1 Å². The topological polar surface area (TPSA) is 50.2 Å². The molecule has 3 heteroatoms. The molecule has 22 heavy (non-hydrogen) atoms. The number of pyridine rings is 1. The number of carboxylic acids is 1. The van der Waals surface area contributed by atoms with E-state index in [-0.39, 0.29) is 5.69 Å². The first-order valence-corrected chi connectivity index (χ1v) is 8.60. The Balaban J connectivity index is 2.03. The lowest BCUT2D eigenvalue weighted by Crippen LogP contribution is -1.98. The van der Waals surface area contributed by atoms with Crippen LogP contribution in [-0.2, 0) is 0 Å². The zero-order valence-corrected chi connectivity index (χ0v) is 13.8. The molecule has 0 aliphatic carbocycles. The van der Waals surface area contributed by atoms with Gasteiger partial charge in [0.05, 0.1) is 0 Å². The molecule has 0 radical (unpaired) electrons. The summed E-state index contributed by atoms with van der Waals surface area (Å²) in [5, 5.41) is 8.77. The Morgan fingerprint density at radius 1 is 1.05 bits per heavy atom. The molecule has 3 nitrogen and oxygen atoms in total. The highest BCUT2D eigenvalue weighted by molar-refractivity contribution is 5.85. The third-order valence-electron chi connectivity index (χ3n) is 3.79. The van der Waals surface area contributed by atoms with Crippen LogP contribution in [0.5, 0.6) is 0 Å². The van der Waals surface area contributed by atoms with Gasteiger partial charge in [-0.1, -0.05) is 76.5 Å². The maximum absolute atomic E-state index is 10.7. The fourth-order valence-electron chi connectivity index (χ4n) is 2.42. The number of aromatic carboxylic acids is 1. The molecule has 0 aliphatic heterocycles. The third-order valence-corrected chi connectivity index (χ3v) is 3.79. The molecule has 0 aromatic carbocycles. The van der Waals surface area contributed by atoms with Gasteiger partial charge in [-0.05, 0) is 24.5 Å². The Morgan fingerprint density at radius 2 is 1.68 bits per heavy atom. The third kappa shape index (κ3) is 8.60.